The van der Waals surface area contributed by atoms with E-state index in [1.165, 1.54) is 36.5 Å². The second kappa shape index (κ2) is 6.07. The first-order valence-electron chi connectivity index (χ1n) is 8.46. The fourth-order valence-corrected chi connectivity index (χ4v) is 3.68. The van der Waals surface area contributed by atoms with E-state index < -0.39 is 0 Å². The molecule has 2 heterocycles. The van der Waals surface area contributed by atoms with Crippen molar-refractivity contribution in [2.45, 2.75) is 59.4 Å². The van der Waals surface area contributed by atoms with Gasteiger partial charge < -0.3 is 9.67 Å². The highest BCUT2D eigenvalue weighted by Gasteiger charge is 2.28. The van der Waals surface area contributed by atoms with Gasteiger partial charge in [0.05, 0.1) is 0 Å². The minimum atomic E-state index is -0.162. The fraction of sp³-hybridized carbons (Fsp3) is 0.706. The molecular formula is C17H26N4O2. The molecule has 6 nitrogen and oxygen atoms in total. The molecule has 3 rings (SSSR count). The van der Waals surface area contributed by atoms with Gasteiger partial charge in [-0.1, -0.05) is 13.8 Å². The zero-order valence-electron chi connectivity index (χ0n) is 14.2. The summed E-state index contributed by atoms with van der Waals surface area (Å²) < 4.78 is 3.48. The Morgan fingerprint density at radius 2 is 2.04 bits per heavy atom. The van der Waals surface area contributed by atoms with Crippen LogP contribution in [-0.4, -0.2) is 30.9 Å². The summed E-state index contributed by atoms with van der Waals surface area (Å²) in [5, 5.41) is 13.3. The summed E-state index contributed by atoms with van der Waals surface area (Å²) in [6, 6.07) is 0. The molecule has 23 heavy (non-hydrogen) atoms. The van der Waals surface area contributed by atoms with E-state index in [0.29, 0.717) is 29.1 Å². The minimum Gasteiger partial charge on any atom is -0.396 e. The van der Waals surface area contributed by atoms with Gasteiger partial charge in [0.15, 0.2) is 0 Å². The van der Waals surface area contributed by atoms with Crippen LogP contribution in [0.3, 0.4) is 0 Å². The van der Waals surface area contributed by atoms with E-state index in [1.807, 2.05) is 6.92 Å². The van der Waals surface area contributed by atoms with Crippen LogP contribution in [0.5, 0.6) is 0 Å². The van der Waals surface area contributed by atoms with Gasteiger partial charge in [-0.05, 0) is 43.9 Å². The molecule has 2 aromatic heterocycles. The van der Waals surface area contributed by atoms with Gasteiger partial charge in [0.25, 0.3) is 5.56 Å². The summed E-state index contributed by atoms with van der Waals surface area (Å²) in [4.78, 5) is 16.8. The Kier molecular flexibility index (Phi) is 4.27. The molecule has 0 amide bonds. The Labute approximate surface area is 136 Å². The molecule has 1 aliphatic carbocycles. The molecule has 2 aromatic rings. The number of rotatable bonds is 4. The highest BCUT2D eigenvalue weighted by Crippen LogP contribution is 2.38. The molecule has 0 spiro atoms. The van der Waals surface area contributed by atoms with Gasteiger partial charge in [-0.25, -0.2) is 0 Å². The molecule has 0 saturated heterocycles. The summed E-state index contributed by atoms with van der Waals surface area (Å²) in [5.74, 6) is 1.21. The second-order valence-corrected chi connectivity index (χ2v) is 7.53. The van der Waals surface area contributed by atoms with Crippen LogP contribution in [0.2, 0.25) is 0 Å². The predicted molar refractivity (Wildman–Crippen MR) is 88.5 cm³/mol. The number of aliphatic hydroxyl groups is 1. The Morgan fingerprint density at radius 1 is 1.35 bits per heavy atom. The molecule has 1 aliphatic rings. The zero-order chi connectivity index (χ0) is 16.6. The molecule has 0 bridgehead atoms. The van der Waals surface area contributed by atoms with E-state index >= 15 is 0 Å². The molecule has 1 N–H and O–H groups in total. The number of aliphatic hydroxyl groups excluding tert-OH is 1. The fourth-order valence-electron chi connectivity index (χ4n) is 3.68. The van der Waals surface area contributed by atoms with Crippen molar-refractivity contribution in [1.29, 1.82) is 0 Å². The summed E-state index contributed by atoms with van der Waals surface area (Å²) in [7, 11) is 0. The Balaban J connectivity index is 1.97. The summed E-state index contributed by atoms with van der Waals surface area (Å²) in [6.45, 7) is 7.46. The maximum atomic E-state index is 12.5. The highest BCUT2D eigenvalue weighted by atomic mass is 16.3. The summed E-state index contributed by atoms with van der Waals surface area (Å²) in [5.41, 5.74) is 1.84. The van der Waals surface area contributed by atoms with Gasteiger partial charge in [-0.2, -0.15) is 14.6 Å². The van der Waals surface area contributed by atoms with E-state index in [0.717, 1.165) is 12.2 Å². The maximum absolute atomic E-state index is 12.5. The molecule has 126 valence electrons. The van der Waals surface area contributed by atoms with Crippen LogP contribution in [0.25, 0.3) is 5.78 Å². The van der Waals surface area contributed by atoms with Crippen molar-refractivity contribution in [2.24, 2.45) is 11.3 Å². The van der Waals surface area contributed by atoms with Crippen LogP contribution in [-0.2, 0) is 13.0 Å². The van der Waals surface area contributed by atoms with Crippen molar-refractivity contribution >= 4 is 5.78 Å². The third-order valence-electron chi connectivity index (χ3n) is 5.32. The van der Waals surface area contributed by atoms with Crippen LogP contribution in [0.15, 0.2) is 11.1 Å². The number of fused-ring (bicyclic) bond motifs is 1. The monoisotopic (exact) mass is 318 g/mol. The lowest BCUT2D eigenvalue weighted by atomic mass is 9.73. The second-order valence-electron chi connectivity index (χ2n) is 7.53. The van der Waals surface area contributed by atoms with Gasteiger partial charge in [0, 0.05) is 30.8 Å². The van der Waals surface area contributed by atoms with E-state index in [2.05, 4.69) is 28.5 Å². The molecule has 1 saturated carbocycles. The number of aromatic nitrogens is 4. The standard InChI is InChI=1S/C17H26N4O2/c1-12-14(6-9-22)15(23)21-16(18-11-19-21)20(12)10-13-4-7-17(2,3)8-5-13/h11,13,22H,4-10H2,1-3H3. The summed E-state index contributed by atoms with van der Waals surface area (Å²) in [6.07, 6.45) is 6.67. The Bertz CT molecular complexity index is 750. The van der Waals surface area contributed by atoms with E-state index in [-0.39, 0.29) is 12.2 Å². The van der Waals surface area contributed by atoms with E-state index in [1.54, 1.807) is 0 Å². The van der Waals surface area contributed by atoms with Crippen LogP contribution >= 0.6 is 0 Å². The number of hydrogen-bond donors (Lipinski definition) is 1. The highest BCUT2D eigenvalue weighted by molar-refractivity contribution is 5.34. The van der Waals surface area contributed by atoms with Crippen LogP contribution in [0.1, 0.15) is 50.8 Å². The molecule has 0 radical (unpaired) electrons. The lowest BCUT2D eigenvalue weighted by Crippen LogP contribution is -2.30. The van der Waals surface area contributed by atoms with Gasteiger partial charge in [0.2, 0.25) is 5.78 Å². The molecular weight excluding hydrogens is 292 g/mol. The first-order valence-corrected chi connectivity index (χ1v) is 8.46. The van der Waals surface area contributed by atoms with Crippen molar-refractivity contribution < 1.29 is 5.11 Å². The van der Waals surface area contributed by atoms with E-state index in [4.69, 9.17) is 0 Å². The van der Waals surface area contributed by atoms with E-state index in [9.17, 15) is 9.90 Å². The zero-order valence-corrected chi connectivity index (χ0v) is 14.2. The maximum Gasteiger partial charge on any atom is 0.279 e. The lowest BCUT2D eigenvalue weighted by Gasteiger charge is -2.35. The summed E-state index contributed by atoms with van der Waals surface area (Å²) >= 11 is 0. The average Bonchev–Trinajstić information content (AvgIpc) is 2.99. The van der Waals surface area contributed by atoms with Gasteiger partial charge in [0.1, 0.15) is 6.33 Å². The van der Waals surface area contributed by atoms with Crippen LogP contribution < -0.4 is 5.56 Å². The quantitative estimate of drug-likeness (QED) is 0.935. The first kappa shape index (κ1) is 16.2. The topological polar surface area (TPSA) is 72.4 Å². The van der Waals surface area contributed by atoms with Gasteiger partial charge in [-0.15, -0.1) is 0 Å². The van der Waals surface area contributed by atoms with Crippen molar-refractivity contribution in [3.63, 3.8) is 0 Å². The van der Waals surface area contributed by atoms with Crippen LogP contribution in [0.4, 0.5) is 0 Å². The van der Waals surface area contributed by atoms with Gasteiger partial charge in [-0.3, -0.25) is 4.79 Å². The number of hydrogen-bond acceptors (Lipinski definition) is 4. The first-order chi connectivity index (χ1) is 10.9. The normalized spacial score (nSPS) is 18.6. The van der Waals surface area contributed by atoms with Gasteiger partial charge >= 0.3 is 0 Å². The molecule has 0 aliphatic heterocycles. The predicted octanol–water partition coefficient (Wildman–Crippen LogP) is 1.95. The van der Waals surface area contributed by atoms with Crippen molar-refractivity contribution in [2.75, 3.05) is 6.61 Å². The SMILES string of the molecule is Cc1c(CCO)c(=O)n2ncnc2n1CC1CCC(C)(C)CC1. The minimum absolute atomic E-state index is 0.0338. The van der Waals surface area contributed by atoms with Crippen molar-refractivity contribution in [1.82, 2.24) is 19.2 Å². The van der Waals surface area contributed by atoms with Crippen molar-refractivity contribution in [3.8, 4) is 0 Å². The lowest BCUT2D eigenvalue weighted by molar-refractivity contribution is 0.178. The average molecular weight is 318 g/mol. The Morgan fingerprint density at radius 3 is 2.70 bits per heavy atom. The third kappa shape index (κ3) is 3.04. The molecule has 6 heteroatoms. The molecule has 0 aromatic carbocycles. The Hall–Kier alpha value is -1.69. The number of nitrogens with zero attached hydrogens (tertiary/aromatic N) is 4. The largest absolute Gasteiger partial charge is 0.396 e. The third-order valence-corrected chi connectivity index (χ3v) is 5.32. The van der Waals surface area contributed by atoms with Crippen LogP contribution in [0, 0.1) is 18.3 Å². The molecule has 0 unspecified atom stereocenters. The van der Waals surface area contributed by atoms with Crippen molar-refractivity contribution in [3.05, 3.63) is 27.9 Å². The molecule has 1 fully saturated rings. The molecule has 0 atom stereocenters. The smallest absolute Gasteiger partial charge is 0.279 e.